The summed E-state index contributed by atoms with van der Waals surface area (Å²) in [5.74, 6) is 0.390. The number of hydrogen-bond donors (Lipinski definition) is 1. The minimum Gasteiger partial charge on any atom is -0.472 e. The quantitative estimate of drug-likeness (QED) is 0.674. The highest BCUT2D eigenvalue weighted by Gasteiger charge is 2.42. The molecule has 0 aliphatic carbocycles. The molecule has 0 radical (unpaired) electrons. The number of alkyl halides is 3. The topological polar surface area (TPSA) is 81.7 Å². The van der Waals surface area contributed by atoms with E-state index in [2.05, 4.69) is 25.5 Å². The average molecular weight is 399 g/mol. The fourth-order valence-electron chi connectivity index (χ4n) is 3.00. The van der Waals surface area contributed by atoms with E-state index in [1.165, 1.54) is 12.5 Å². The molecule has 11 heteroatoms. The van der Waals surface area contributed by atoms with Crippen LogP contribution in [0.5, 0.6) is 0 Å². The number of hydrogen-bond acceptors (Lipinski definition) is 6. The summed E-state index contributed by atoms with van der Waals surface area (Å²) in [6.07, 6.45) is -1.34. The standard InChI is InChI=1S/C16H14ClF3N6O/c17-11-6-12(23-15(22-11)9-2-4-27-8-9)21-7-14-25-24-13-5-10(16(18,19)20)1-3-26(13)14/h2,4,6,8,10H,1,3,5,7H2,(H,21,22,23). The largest absolute Gasteiger partial charge is 0.472 e. The predicted molar refractivity (Wildman–Crippen MR) is 90.0 cm³/mol. The number of furan rings is 1. The van der Waals surface area contributed by atoms with Gasteiger partial charge in [0.2, 0.25) is 0 Å². The van der Waals surface area contributed by atoms with Crippen molar-refractivity contribution in [1.82, 2.24) is 24.7 Å². The number of rotatable bonds is 4. The van der Waals surface area contributed by atoms with Gasteiger partial charge in [-0.2, -0.15) is 13.2 Å². The maximum Gasteiger partial charge on any atom is 0.392 e. The molecule has 1 atom stereocenters. The molecule has 1 N–H and O–H groups in total. The van der Waals surface area contributed by atoms with Crippen molar-refractivity contribution in [1.29, 1.82) is 0 Å². The minimum absolute atomic E-state index is 0.0194. The molecule has 0 spiro atoms. The molecule has 3 aromatic heterocycles. The van der Waals surface area contributed by atoms with Gasteiger partial charge in [-0.1, -0.05) is 11.6 Å². The van der Waals surface area contributed by atoms with Crippen molar-refractivity contribution in [3.63, 3.8) is 0 Å². The van der Waals surface area contributed by atoms with Crippen molar-refractivity contribution in [2.24, 2.45) is 5.92 Å². The van der Waals surface area contributed by atoms with Crippen LogP contribution in [0.1, 0.15) is 18.1 Å². The van der Waals surface area contributed by atoms with Crippen molar-refractivity contribution in [2.45, 2.75) is 32.1 Å². The molecule has 7 nitrogen and oxygen atoms in total. The zero-order valence-corrected chi connectivity index (χ0v) is 14.6. The maximum atomic E-state index is 12.9. The van der Waals surface area contributed by atoms with Gasteiger partial charge in [0.25, 0.3) is 0 Å². The molecule has 0 bridgehead atoms. The molecule has 1 aliphatic heterocycles. The summed E-state index contributed by atoms with van der Waals surface area (Å²) in [6, 6.07) is 3.26. The number of fused-ring (bicyclic) bond motifs is 1. The van der Waals surface area contributed by atoms with Gasteiger partial charge in [0.1, 0.15) is 23.1 Å². The molecule has 0 saturated heterocycles. The number of aromatic nitrogens is 5. The second-order valence-corrected chi connectivity index (χ2v) is 6.57. The summed E-state index contributed by atoms with van der Waals surface area (Å²) in [6.45, 7) is 0.482. The smallest absolute Gasteiger partial charge is 0.392 e. The normalized spacial score (nSPS) is 17.0. The third-order valence-corrected chi connectivity index (χ3v) is 4.59. The van der Waals surface area contributed by atoms with Crippen LogP contribution >= 0.6 is 11.6 Å². The van der Waals surface area contributed by atoms with Crippen molar-refractivity contribution < 1.29 is 17.6 Å². The highest BCUT2D eigenvalue weighted by atomic mass is 35.5. The molecule has 142 valence electrons. The van der Waals surface area contributed by atoms with E-state index in [1.807, 2.05) is 0 Å². The third kappa shape index (κ3) is 3.75. The first kappa shape index (κ1) is 17.8. The van der Waals surface area contributed by atoms with Crippen LogP contribution in [-0.2, 0) is 19.5 Å². The van der Waals surface area contributed by atoms with Crippen LogP contribution < -0.4 is 5.32 Å². The lowest BCUT2D eigenvalue weighted by Gasteiger charge is -2.25. The first-order valence-electron chi connectivity index (χ1n) is 8.19. The first-order valence-corrected chi connectivity index (χ1v) is 8.56. The molecule has 1 unspecified atom stereocenters. The fourth-order valence-corrected chi connectivity index (χ4v) is 3.18. The lowest BCUT2D eigenvalue weighted by Crippen LogP contribution is -2.31. The summed E-state index contributed by atoms with van der Waals surface area (Å²) in [5.41, 5.74) is 0.679. The van der Waals surface area contributed by atoms with E-state index in [9.17, 15) is 13.2 Å². The first-order chi connectivity index (χ1) is 12.9. The number of nitrogens with zero attached hydrogens (tertiary/aromatic N) is 5. The second kappa shape index (κ2) is 6.84. The van der Waals surface area contributed by atoms with Crippen LogP contribution in [0.25, 0.3) is 11.4 Å². The van der Waals surface area contributed by atoms with Gasteiger partial charge in [-0.3, -0.25) is 0 Å². The Morgan fingerprint density at radius 2 is 2.15 bits per heavy atom. The Kier molecular flexibility index (Phi) is 4.50. The van der Waals surface area contributed by atoms with E-state index in [0.29, 0.717) is 28.9 Å². The van der Waals surface area contributed by atoms with Gasteiger partial charge in [0.05, 0.1) is 24.3 Å². The van der Waals surface area contributed by atoms with Crippen molar-refractivity contribution in [3.8, 4) is 11.4 Å². The van der Waals surface area contributed by atoms with E-state index in [4.69, 9.17) is 16.0 Å². The molecule has 4 heterocycles. The lowest BCUT2D eigenvalue weighted by atomic mass is 9.97. The SMILES string of the molecule is FC(F)(F)C1CCn2c(CNc3cc(Cl)nc(-c4ccoc4)n3)nnc2C1. The fraction of sp³-hybridized carbons (Fsp3) is 0.375. The molecule has 0 fully saturated rings. The van der Waals surface area contributed by atoms with Crippen molar-refractivity contribution in [3.05, 3.63) is 41.5 Å². The van der Waals surface area contributed by atoms with Crippen LogP contribution in [0.15, 0.2) is 29.1 Å². The molecule has 1 aliphatic rings. The number of nitrogens with one attached hydrogen (secondary N) is 1. The van der Waals surface area contributed by atoms with Gasteiger partial charge in [-0.15, -0.1) is 10.2 Å². The third-order valence-electron chi connectivity index (χ3n) is 4.40. The summed E-state index contributed by atoms with van der Waals surface area (Å²) in [5, 5.41) is 11.2. The van der Waals surface area contributed by atoms with Gasteiger partial charge in [0.15, 0.2) is 11.6 Å². The van der Waals surface area contributed by atoms with Crippen LogP contribution in [0.3, 0.4) is 0 Å². The molecule has 4 rings (SSSR count). The molecule has 0 amide bonds. The molecular formula is C16H14ClF3N6O. The average Bonchev–Trinajstić information content (AvgIpc) is 3.28. The predicted octanol–water partition coefficient (Wildman–Crippen LogP) is 3.72. The summed E-state index contributed by atoms with van der Waals surface area (Å²) in [7, 11) is 0. The summed E-state index contributed by atoms with van der Waals surface area (Å²) >= 11 is 6.04. The Balaban J connectivity index is 1.49. The van der Waals surface area contributed by atoms with Gasteiger partial charge in [-0.25, -0.2) is 9.97 Å². The van der Waals surface area contributed by atoms with Crippen LogP contribution in [-0.4, -0.2) is 30.9 Å². The van der Waals surface area contributed by atoms with E-state index in [0.717, 1.165) is 0 Å². The van der Waals surface area contributed by atoms with Gasteiger partial charge >= 0.3 is 6.18 Å². The zero-order valence-electron chi connectivity index (χ0n) is 13.9. The van der Waals surface area contributed by atoms with Gasteiger partial charge < -0.3 is 14.3 Å². The van der Waals surface area contributed by atoms with E-state index < -0.39 is 12.1 Å². The summed E-state index contributed by atoms with van der Waals surface area (Å²) in [4.78, 5) is 8.50. The molecule has 0 aromatic carbocycles. The number of halogens is 4. The highest BCUT2D eigenvalue weighted by molar-refractivity contribution is 6.29. The van der Waals surface area contributed by atoms with E-state index in [-0.39, 0.29) is 31.1 Å². The molecule has 0 saturated carbocycles. The Bertz CT molecular complexity index is 940. The Morgan fingerprint density at radius 3 is 2.89 bits per heavy atom. The van der Waals surface area contributed by atoms with Crippen LogP contribution in [0.2, 0.25) is 5.15 Å². The highest BCUT2D eigenvalue weighted by Crippen LogP contribution is 2.34. The lowest BCUT2D eigenvalue weighted by molar-refractivity contribution is -0.179. The maximum absolute atomic E-state index is 12.9. The Morgan fingerprint density at radius 1 is 1.30 bits per heavy atom. The monoisotopic (exact) mass is 398 g/mol. The Labute approximate surface area is 156 Å². The molecular weight excluding hydrogens is 385 g/mol. The van der Waals surface area contributed by atoms with E-state index in [1.54, 1.807) is 16.7 Å². The van der Waals surface area contributed by atoms with Crippen LogP contribution in [0.4, 0.5) is 19.0 Å². The second-order valence-electron chi connectivity index (χ2n) is 6.18. The Hall–Kier alpha value is -2.62. The van der Waals surface area contributed by atoms with Crippen molar-refractivity contribution >= 4 is 17.4 Å². The summed E-state index contributed by atoms with van der Waals surface area (Å²) < 4.78 is 45.4. The van der Waals surface area contributed by atoms with Crippen molar-refractivity contribution in [2.75, 3.05) is 5.32 Å². The van der Waals surface area contributed by atoms with Gasteiger partial charge in [-0.05, 0) is 12.5 Å². The zero-order chi connectivity index (χ0) is 19.0. The minimum atomic E-state index is -4.21. The molecule has 27 heavy (non-hydrogen) atoms. The van der Waals surface area contributed by atoms with Gasteiger partial charge in [0, 0.05) is 19.0 Å². The number of anilines is 1. The molecule has 3 aromatic rings. The van der Waals surface area contributed by atoms with Crippen LogP contribution in [0, 0.1) is 5.92 Å². The van der Waals surface area contributed by atoms with E-state index >= 15 is 0 Å².